The molecular formula is C13H20N2O2. The van der Waals surface area contributed by atoms with Gasteiger partial charge in [0, 0.05) is 13.1 Å². The highest BCUT2D eigenvalue weighted by Crippen LogP contribution is 2.26. The molecule has 0 radical (unpaired) electrons. The van der Waals surface area contributed by atoms with Crippen molar-refractivity contribution >= 4 is 17.3 Å². The van der Waals surface area contributed by atoms with Crippen LogP contribution in [0.5, 0.6) is 0 Å². The molecule has 17 heavy (non-hydrogen) atoms. The summed E-state index contributed by atoms with van der Waals surface area (Å²) in [7, 11) is 1.94. The molecule has 0 amide bonds. The third-order valence-corrected chi connectivity index (χ3v) is 3.02. The molecule has 1 atom stereocenters. The molecule has 0 bridgehead atoms. The first-order chi connectivity index (χ1) is 7.97. The average Bonchev–Trinajstić information content (AvgIpc) is 2.28. The Morgan fingerprint density at radius 2 is 2.18 bits per heavy atom. The Morgan fingerprint density at radius 3 is 2.71 bits per heavy atom. The fourth-order valence-electron chi connectivity index (χ4n) is 1.83. The van der Waals surface area contributed by atoms with Crippen molar-refractivity contribution in [3.05, 3.63) is 23.8 Å². The summed E-state index contributed by atoms with van der Waals surface area (Å²) in [4.78, 5) is 13.0. The summed E-state index contributed by atoms with van der Waals surface area (Å²) >= 11 is 0. The molecule has 4 heteroatoms. The van der Waals surface area contributed by atoms with Crippen LogP contribution in [-0.4, -0.2) is 24.2 Å². The van der Waals surface area contributed by atoms with Crippen molar-refractivity contribution in [2.75, 3.05) is 17.7 Å². The molecule has 3 N–H and O–H groups in total. The smallest absolute Gasteiger partial charge is 0.335 e. The Balaban J connectivity index is 3.03. The summed E-state index contributed by atoms with van der Waals surface area (Å²) in [6.07, 6.45) is 2.14. The van der Waals surface area contributed by atoms with Crippen LogP contribution in [0.4, 0.5) is 11.4 Å². The van der Waals surface area contributed by atoms with Gasteiger partial charge in [-0.1, -0.05) is 13.3 Å². The lowest BCUT2D eigenvalue weighted by atomic mass is 10.1. The van der Waals surface area contributed by atoms with E-state index in [-0.39, 0.29) is 5.56 Å². The Kier molecular flexibility index (Phi) is 4.37. The number of rotatable bonds is 5. The van der Waals surface area contributed by atoms with E-state index in [1.165, 1.54) is 6.07 Å². The normalized spacial score (nSPS) is 12.2. The lowest BCUT2D eigenvalue weighted by Crippen LogP contribution is -2.29. The third kappa shape index (κ3) is 3.12. The lowest BCUT2D eigenvalue weighted by molar-refractivity contribution is 0.0697. The maximum absolute atomic E-state index is 10.9. The second-order valence-corrected chi connectivity index (χ2v) is 4.33. The number of nitrogen functional groups attached to an aromatic ring is 1. The molecule has 0 saturated heterocycles. The average molecular weight is 236 g/mol. The number of benzene rings is 1. The number of carbonyl (C=O) groups is 1. The van der Waals surface area contributed by atoms with Crippen LogP contribution < -0.4 is 10.6 Å². The van der Waals surface area contributed by atoms with Gasteiger partial charge in [-0.15, -0.1) is 0 Å². The van der Waals surface area contributed by atoms with Gasteiger partial charge in [-0.05, 0) is 31.5 Å². The quantitative estimate of drug-likeness (QED) is 0.771. The minimum Gasteiger partial charge on any atom is -0.478 e. The first-order valence-electron chi connectivity index (χ1n) is 5.83. The Hall–Kier alpha value is -1.71. The molecule has 0 fully saturated rings. The van der Waals surface area contributed by atoms with E-state index in [4.69, 9.17) is 10.8 Å². The Morgan fingerprint density at radius 1 is 1.53 bits per heavy atom. The van der Waals surface area contributed by atoms with Gasteiger partial charge in [-0.3, -0.25) is 0 Å². The van der Waals surface area contributed by atoms with Crippen molar-refractivity contribution in [2.24, 2.45) is 0 Å². The van der Waals surface area contributed by atoms with Crippen LogP contribution in [0.15, 0.2) is 18.2 Å². The second-order valence-electron chi connectivity index (χ2n) is 4.33. The molecule has 4 nitrogen and oxygen atoms in total. The highest BCUT2D eigenvalue weighted by atomic mass is 16.4. The van der Waals surface area contributed by atoms with Crippen LogP contribution in [0, 0.1) is 0 Å². The van der Waals surface area contributed by atoms with Gasteiger partial charge in [0.2, 0.25) is 0 Å². The zero-order valence-corrected chi connectivity index (χ0v) is 10.6. The minimum atomic E-state index is -0.928. The van der Waals surface area contributed by atoms with Crippen LogP contribution in [0.25, 0.3) is 0 Å². The summed E-state index contributed by atoms with van der Waals surface area (Å²) in [5.41, 5.74) is 7.55. The molecule has 0 aliphatic heterocycles. The van der Waals surface area contributed by atoms with Gasteiger partial charge < -0.3 is 15.7 Å². The molecule has 0 aliphatic rings. The molecule has 94 valence electrons. The highest BCUT2D eigenvalue weighted by Gasteiger charge is 2.14. The molecule has 0 spiro atoms. The first-order valence-corrected chi connectivity index (χ1v) is 5.83. The molecular weight excluding hydrogens is 216 g/mol. The molecule has 1 rings (SSSR count). The fraction of sp³-hybridized carbons (Fsp3) is 0.462. The number of carboxylic acids is 1. The molecule has 0 saturated carbocycles. The van der Waals surface area contributed by atoms with E-state index in [1.807, 2.05) is 11.9 Å². The lowest BCUT2D eigenvalue weighted by Gasteiger charge is -2.28. The molecule has 0 aliphatic carbocycles. The minimum absolute atomic E-state index is 0.268. The first kappa shape index (κ1) is 13.4. The number of nitrogens with zero attached hydrogens (tertiary/aromatic N) is 1. The molecule has 0 aromatic heterocycles. The monoisotopic (exact) mass is 236 g/mol. The Labute approximate surface area is 102 Å². The van der Waals surface area contributed by atoms with Gasteiger partial charge in [0.15, 0.2) is 0 Å². The molecule has 1 aromatic carbocycles. The molecule has 1 unspecified atom stereocenters. The topological polar surface area (TPSA) is 66.6 Å². The van der Waals surface area contributed by atoms with E-state index < -0.39 is 5.97 Å². The van der Waals surface area contributed by atoms with Gasteiger partial charge in [-0.25, -0.2) is 4.79 Å². The largest absolute Gasteiger partial charge is 0.478 e. The van der Waals surface area contributed by atoms with Gasteiger partial charge in [0.05, 0.1) is 16.9 Å². The number of hydrogen-bond donors (Lipinski definition) is 2. The fourth-order valence-corrected chi connectivity index (χ4v) is 1.83. The van der Waals surface area contributed by atoms with E-state index in [9.17, 15) is 4.79 Å². The Bertz CT molecular complexity index is 404. The number of nitrogens with two attached hydrogens (primary N) is 1. The summed E-state index contributed by atoms with van der Waals surface area (Å²) in [6.45, 7) is 4.23. The van der Waals surface area contributed by atoms with Gasteiger partial charge in [0.1, 0.15) is 0 Å². The van der Waals surface area contributed by atoms with Crippen molar-refractivity contribution in [1.29, 1.82) is 0 Å². The van der Waals surface area contributed by atoms with Crippen molar-refractivity contribution in [1.82, 2.24) is 0 Å². The van der Waals surface area contributed by atoms with Gasteiger partial charge in [-0.2, -0.15) is 0 Å². The van der Waals surface area contributed by atoms with Crippen molar-refractivity contribution in [3.8, 4) is 0 Å². The van der Waals surface area contributed by atoms with Crippen LogP contribution in [0.3, 0.4) is 0 Å². The van der Waals surface area contributed by atoms with E-state index in [1.54, 1.807) is 12.1 Å². The number of aromatic carboxylic acids is 1. The van der Waals surface area contributed by atoms with E-state index >= 15 is 0 Å². The van der Waals surface area contributed by atoms with Crippen LogP contribution >= 0.6 is 0 Å². The highest BCUT2D eigenvalue weighted by molar-refractivity contribution is 5.90. The van der Waals surface area contributed by atoms with E-state index in [0.717, 1.165) is 18.5 Å². The maximum atomic E-state index is 10.9. The van der Waals surface area contributed by atoms with Crippen LogP contribution in [0.2, 0.25) is 0 Å². The third-order valence-electron chi connectivity index (χ3n) is 3.02. The number of hydrogen-bond acceptors (Lipinski definition) is 3. The van der Waals surface area contributed by atoms with Crippen molar-refractivity contribution in [3.63, 3.8) is 0 Å². The van der Waals surface area contributed by atoms with E-state index in [2.05, 4.69) is 13.8 Å². The summed E-state index contributed by atoms with van der Waals surface area (Å²) in [5.74, 6) is -0.928. The van der Waals surface area contributed by atoms with Crippen molar-refractivity contribution < 1.29 is 9.90 Å². The van der Waals surface area contributed by atoms with Crippen LogP contribution in [0.1, 0.15) is 37.0 Å². The zero-order valence-electron chi connectivity index (χ0n) is 10.6. The maximum Gasteiger partial charge on any atom is 0.335 e. The zero-order chi connectivity index (χ0) is 13.0. The van der Waals surface area contributed by atoms with Crippen molar-refractivity contribution in [2.45, 2.75) is 32.7 Å². The van der Waals surface area contributed by atoms with E-state index in [0.29, 0.717) is 11.7 Å². The predicted molar refractivity (Wildman–Crippen MR) is 70.6 cm³/mol. The molecule has 0 heterocycles. The standard InChI is InChI=1S/C13H20N2O2/c1-4-5-9(2)15(3)12-8-10(13(16)17)6-7-11(12)14/h6-9H,4-5,14H2,1-3H3,(H,16,17). The second kappa shape index (κ2) is 5.57. The van der Waals surface area contributed by atoms with Gasteiger partial charge >= 0.3 is 5.97 Å². The SMILES string of the molecule is CCCC(C)N(C)c1cc(C(=O)O)ccc1N. The number of anilines is 2. The van der Waals surface area contributed by atoms with Crippen LogP contribution in [-0.2, 0) is 0 Å². The summed E-state index contributed by atoms with van der Waals surface area (Å²) < 4.78 is 0. The summed E-state index contributed by atoms with van der Waals surface area (Å²) in [6, 6.07) is 5.14. The summed E-state index contributed by atoms with van der Waals surface area (Å²) in [5, 5.41) is 8.96. The number of carboxylic acid groups (broad SMARTS) is 1. The molecule has 1 aromatic rings. The predicted octanol–water partition coefficient (Wildman–Crippen LogP) is 2.59. The van der Waals surface area contributed by atoms with Gasteiger partial charge in [0.25, 0.3) is 0 Å².